The number of halogens is 2. The number of hydrogen-bond acceptors (Lipinski definition) is 7. The van der Waals surface area contributed by atoms with E-state index in [0.717, 1.165) is 24.2 Å². The summed E-state index contributed by atoms with van der Waals surface area (Å²) in [5.74, 6) is -1.41. The molecule has 10 nitrogen and oxygen atoms in total. The first kappa shape index (κ1) is 27.9. The molecule has 1 aliphatic rings. The first-order chi connectivity index (χ1) is 17.3. The van der Waals surface area contributed by atoms with Crippen molar-refractivity contribution in [2.24, 2.45) is 0 Å². The van der Waals surface area contributed by atoms with Crippen molar-refractivity contribution in [3.05, 3.63) is 44.9 Å². The van der Waals surface area contributed by atoms with Gasteiger partial charge in [-0.25, -0.2) is 4.98 Å². The maximum Gasteiger partial charge on any atom is 0.255 e. The number of methoxy groups -OCH3 is 1. The minimum Gasteiger partial charge on any atom is -0.383 e. The number of aromatic nitrogens is 1. The van der Waals surface area contributed by atoms with E-state index in [2.05, 4.69) is 20.9 Å². The summed E-state index contributed by atoms with van der Waals surface area (Å²) in [6.45, 7) is 0.744. The first-order valence-corrected chi connectivity index (χ1v) is 12.9. The first-order valence-electron chi connectivity index (χ1n) is 11.3. The van der Waals surface area contributed by atoms with E-state index in [1.807, 2.05) is 0 Å². The van der Waals surface area contributed by atoms with Gasteiger partial charge in [-0.2, -0.15) is 0 Å². The zero-order valence-corrected chi connectivity index (χ0v) is 22.0. The van der Waals surface area contributed by atoms with Crippen molar-refractivity contribution >= 4 is 63.3 Å². The van der Waals surface area contributed by atoms with Gasteiger partial charge in [0.05, 0.1) is 29.3 Å². The lowest BCUT2D eigenvalue weighted by atomic mass is 10.1. The molecular formula is C23H27Cl2N5O5S. The predicted octanol–water partition coefficient (Wildman–Crippen LogP) is 2.50. The molecule has 194 valence electrons. The van der Waals surface area contributed by atoms with Crippen LogP contribution in [0.3, 0.4) is 0 Å². The molecule has 1 atom stereocenters. The van der Waals surface area contributed by atoms with Gasteiger partial charge >= 0.3 is 0 Å². The summed E-state index contributed by atoms with van der Waals surface area (Å²) in [5, 5.41) is 10.7. The Bertz CT molecular complexity index is 1110. The molecule has 3 N–H and O–H groups in total. The van der Waals surface area contributed by atoms with Gasteiger partial charge < -0.3 is 25.6 Å². The average Bonchev–Trinajstić information content (AvgIpc) is 3.15. The Kier molecular flexibility index (Phi) is 10.5. The van der Waals surface area contributed by atoms with Crippen LogP contribution in [0.5, 0.6) is 0 Å². The Morgan fingerprint density at radius 1 is 1.25 bits per heavy atom. The fourth-order valence-electron chi connectivity index (χ4n) is 3.55. The van der Waals surface area contributed by atoms with E-state index in [1.165, 1.54) is 24.1 Å². The predicted molar refractivity (Wildman–Crippen MR) is 137 cm³/mol. The third-order valence-corrected chi connectivity index (χ3v) is 6.71. The fraction of sp³-hybridized carbons (Fsp3) is 0.435. The van der Waals surface area contributed by atoms with Crippen LogP contribution in [-0.2, 0) is 25.5 Å². The summed E-state index contributed by atoms with van der Waals surface area (Å²) in [7, 11) is 1.49. The molecule has 1 aromatic carbocycles. The Morgan fingerprint density at radius 3 is 2.81 bits per heavy atom. The minimum absolute atomic E-state index is 0.0241. The van der Waals surface area contributed by atoms with Gasteiger partial charge in [-0.15, -0.1) is 11.3 Å². The second-order valence-electron chi connectivity index (χ2n) is 8.12. The van der Waals surface area contributed by atoms with Gasteiger partial charge in [-0.05, 0) is 37.5 Å². The molecule has 1 aromatic heterocycles. The van der Waals surface area contributed by atoms with Crippen molar-refractivity contribution in [2.45, 2.75) is 31.7 Å². The van der Waals surface area contributed by atoms with Crippen molar-refractivity contribution in [1.29, 1.82) is 0 Å². The molecule has 4 amide bonds. The van der Waals surface area contributed by atoms with E-state index in [1.54, 1.807) is 11.4 Å². The van der Waals surface area contributed by atoms with Gasteiger partial charge in [0.15, 0.2) is 5.13 Å². The van der Waals surface area contributed by atoms with Crippen LogP contribution in [0.25, 0.3) is 0 Å². The Hall–Kier alpha value is -2.73. The molecule has 0 saturated carbocycles. The summed E-state index contributed by atoms with van der Waals surface area (Å²) < 4.78 is 5.06. The maximum atomic E-state index is 13.0. The molecule has 1 aliphatic heterocycles. The molecule has 0 spiro atoms. The van der Waals surface area contributed by atoms with Crippen molar-refractivity contribution in [3.8, 4) is 0 Å². The summed E-state index contributed by atoms with van der Waals surface area (Å²) >= 11 is 13.2. The van der Waals surface area contributed by atoms with Crippen LogP contribution in [0.2, 0.25) is 10.0 Å². The highest BCUT2D eigenvalue weighted by Crippen LogP contribution is 2.22. The van der Waals surface area contributed by atoms with Crippen molar-refractivity contribution < 1.29 is 23.9 Å². The highest BCUT2D eigenvalue weighted by Gasteiger charge is 2.24. The molecule has 0 bridgehead atoms. The number of rotatable bonds is 10. The van der Waals surface area contributed by atoms with E-state index in [0.29, 0.717) is 28.8 Å². The van der Waals surface area contributed by atoms with Gasteiger partial charge in [-0.1, -0.05) is 23.2 Å². The molecule has 1 saturated heterocycles. The standard InChI is InChI=1S/C23H27Cl2N5O5S/c1-35-9-8-30(22(34)16-6-5-14(24)10-17(16)25)12-20(32)29-23-27-15(13-36-23)11-19(31)28-18-4-2-3-7-26-21(18)33/h5-6,10,13,18H,2-4,7-9,11-12H2,1H3,(H,26,33)(H,28,31)(H,27,29,32). The third-order valence-electron chi connectivity index (χ3n) is 5.36. The van der Waals surface area contributed by atoms with Gasteiger partial charge in [-0.3, -0.25) is 19.2 Å². The smallest absolute Gasteiger partial charge is 0.255 e. The van der Waals surface area contributed by atoms with Gasteiger partial charge in [0, 0.05) is 30.6 Å². The minimum atomic E-state index is -0.553. The molecular weight excluding hydrogens is 529 g/mol. The van der Waals surface area contributed by atoms with Crippen molar-refractivity contribution in [2.75, 3.05) is 38.7 Å². The number of nitrogens with one attached hydrogen (secondary N) is 3. The van der Waals surface area contributed by atoms with Crippen LogP contribution < -0.4 is 16.0 Å². The maximum absolute atomic E-state index is 13.0. The van der Waals surface area contributed by atoms with Crippen LogP contribution in [0, 0.1) is 0 Å². The van der Waals surface area contributed by atoms with Crippen LogP contribution in [0.1, 0.15) is 35.3 Å². The zero-order valence-electron chi connectivity index (χ0n) is 19.6. The number of ether oxygens (including phenoxy) is 1. The average molecular weight is 556 g/mol. The Morgan fingerprint density at radius 2 is 2.06 bits per heavy atom. The summed E-state index contributed by atoms with van der Waals surface area (Å²) in [6.07, 6.45) is 2.30. The quantitative estimate of drug-likeness (QED) is 0.413. The van der Waals surface area contributed by atoms with E-state index < -0.39 is 17.9 Å². The van der Waals surface area contributed by atoms with Crippen LogP contribution in [0.15, 0.2) is 23.6 Å². The molecule has 13 heteroatoms. The number of carbonyl (C=O) groups excluding carboxylic acids is 4. The van der Waals surface area contributed by atoms with Crippen LogP contribution in [0.4, 0.5) is 5.13 Å². The number of anilines is 1. The van der Waals surface area contributed by atoms with E-state index in [-0.39, 0.29) is 48.5 Å². The highest BCUT2D eigenvalue weighted by atomic mass is 35.5. The topological polar surface area (TPSA) is 130 Å². The number of amides is 4. The summed E-state index contributed by atoms with van der Waals surface area (Å²) in [6, 6.07) is 3.95. The highest BCUT2D eigenvalue weighted by molar-refractivity contribution is 7.13. The van der Waals surface area contributed by atoms with E-state index in [9.17, 15) is 19.2 Å². The number of hydrogen-bond donors (Lipinski definition) is 3. The third kappa shape index (κ3) is 8.16. The number of thiazole rings is 1. The summed E-state index contributed by atoms with van der Waals surface area (Å²) in [5.41, 5.74) is 0.678. The Labute approximate surface area is 222 Å². The fourth-order valence-corrected chi connectivity index (χ4v) is 4.77. The second kappa shape index (κ2) is 13.5. The van der Waals surface area contributed by atoms with Crippen LogP contribution in [-0.4, -0.2) is 72.9 Å². The van der Waals surface area contributed by atoms with Crippen LogP contribution >= 0.6 is 34.5 Å². The van der Waals surface area contributed by atoms with Gasteiger partial charge in [0.2, 0.25) is 17.7 Å². The normalized spacial score (nSPS) is 15.5. The summed E-state index contributed by atoms with van der Waals surface area (Å²) in [4.78, 5) is 55.6. The van der Waals surface area contributed by atoms with Crippen molar-refractivity contribution in [1.82, 2.24) is 20.5 Å². The lowest BCUT2D eigenvalue weighted by molar-refractivity contribution is -0.128. The van der Waals surface area contributed by atoms with E-state index >= 15 is 0 Å². The molecule has 36 heavy (non-hydrogen) atoms. The largest absolute Gasteiger partial charge is 0.383 e. The lowest BCUT2D eigenvalue weighted by Gasteiger charge is -2.22. The zero-order chi connectivity index (χ0) is 26.1. The molecule has 3 rings (SSSR count). The molecule has 2 aromatic rings. The molecule has 1 unspecified atom stereocenters. The molecule has 2 heterocycles. The molecule has 1 fully saturated rings. The number of benzene rings is 1. The monoisotopic (exact) mass is 555 g/mol. The number of nitrogens with zero attached hydrogens (tertiary/aromatic N) is 2. The SMILES string of the molecule is COCCN(CC(=O)Nc1nc(CC(=O)NC2CCCCNC2=O)cs1)C(=O)c1ccc(Cl)cc1Cl. The van der Waals surface area contributed by atoms with Gasteiger partial charge in [0.1, 0.15) is 12.6 Å². The molecule has 0 aliphatic carbocycles. The van der Waals surface area contributed by atoms with Gasteiger partial charge in [0.25, 0.3) is 5.91 Å². The molecule has 0 radical (unpaired) electrons. The second-order valence-corrected chi connectivity index (χ2v) is 9.82. The Balaban J connectivity index is 1.57. The van der Waals surface area contributed by atoms with E-state index in [4.69, 9.17) is 27.9 Å². The number of carbonyl (C=O) groups is 4. The lowest BCUT2D eigenvalue weighted by Crippen LogP contribution is -2.46. The van der Waals surface area contributed by atoms with Crippen molar-refractivity contribution in [3.63, 3.8) is 0 Å².